The van der Waals surface area contributed by atoms with Crippen LogP contribution in [0.3, 0.4) is 0 Å². The van der Waals surface area contributed by atoms with Gasteiger partial charge in [0.25, 0.3) is 0 Å². The van der Waals surface area contributed by atoms with Crippen LogP contribution in [-0.2, 0) is 16.0 Å². The van der Waals surface area contributed by atoms with Gasteiger partial charge in [0.05, 0.1) is 13.0 Å². The zero-order chi connectivity index (χ0) is 12.3. The molecule has 0 heterocycles. The molecule has 1 aromatic rings. The molecule has 2 atom stereocenters. The van der Waals surface area contributed by atoms with E-state index in [0.717, 1.165) is 12.8 Å². The van der Waals surface area contributed by atoms with Crippen LogP contribution < -0.4 is 5.73 Å². The van der Waals surface area contributed by atoms with Gasteiger partial charge in [-0.05, 0) is 36.8 Å². The lowest BCUT2D eigenvalue weighted by atomic mass is 9.79. The average molecular weight is 233 g/mol. The number of carbonyl (C=O) groups is 1. The number of carbonyl (C=O) groups excluding carboxylic acids is 1. The normalized spacial score (nSPS) is 22.9. The first kappa shape index (κ1) is 12.1. The summed E-state index contributed by atoms with van der Waals surface area (Å²) in [5.41, 5.74) is 8.58. The Bertz CT molecular complexity index is 403. The summed E-state index contributed by atoms with van der Waals surface area (Å²) in [6.45, 7) is 2.28. The van der Waals surface area contributed by atoms with E-state index in [2.05, 4.69) is 12.1 Å². The topological polar surface area (TPSA) is 52.3 Å². The van der Waals surface area contributed by atoms with Gasteiger partial charge in [0.15, 0.2) is 0 Å². The highest BCUT2D eigenvalue weighted by Gasteiger charge is 2.26. The molecule has 1 aliphatic carbocycles. The number of benzene rings is 1. The van der Waals surface area contributed by atoms with Gasteiger partial charge < -0.3 is 10.5 Å². The molecule has 3 nitrogen and oxygen atoms in total. The van der Waals surface area contributed by atoms with Crippen LogP contribution in [0.15, 0.2) is 24.3 Å². The number of rotatable bonds is 3. The monoisotopic (exact) mass is 233 g/mol. The summed E-state index contributed by atoms with van der Waals surface area (Å²) in [7, 11) is 0. The quantitative estimate of drug-likeness (QED) is 0.812. The van der Waals surface area contributed by atoms with Gasteiger partial charge in [0.1, 0.15) is 0 Å². The van der Waals surface area contributed by atoms with E-state index in [1.54, 1.807) is 0 Å². The molecule has 0 fully saturated rings. The van der Waals surface area contributed by atoms with Crippen LogP contribution in [0.5, 0.6) is 0 Å². The molecule has 1 aliphatic rings. The molecular weight excluding hydrogens is 214 g/mol. The Labute approximate surface area is 102 Å². The van der Waals surface area contributed by atoms with E-state index in [1.807, 2.05) is 19.1 Å². The van der Waals surface area contributed by atoms with E-state index in [-0.39, 0.29) is 17.9 Å². The third-order valence-electron chi connectivity index (χ3n) is 3.28. The number of hydrogen-bond donors (Lipinski definition) is 1. The Morgan fingerprint density at radius 1 is 1.47 bits per heavy atom. The number of hydrogen-bond acceptors (Lipinski definition) is 3. The lowest BCUT2D eigenvalue weighted by Crippen LogP contribution is -2.31. The predicted octanol–water partition coefficient (Wildman–Crippen LogP) is 2.00. The fourth-order valence-corrected chi connectivity index (χ4v) is 2.59. The molecule has 3 heteroatoms. The molecule has 0 bridgehead atoms. The first-order valence-corrected chi connectivity index (χ1v) is 6.19. The molecule has 1 aromatic carbocycles. The molecule has 0 aromatic heterocycles. The van der Waals surface area contributed by atoms with Gasteiger partial charge in [-0.25, -0.2) is 0 Å². The maximum Gasteiger partial charge on any atom is 0.306 e. The van der Waals surface area contributed by atoms with E-state index in [0.29, 0.717) is 13.0 Å². The molecule has 0 radical (unpaired) electrons. The van der Waals surface area contributed by atoms with E-state index in [4.69, 9.17) is 10.5 Å². The second kappa shape index (κ2) is 5.32. The standard InChI is InChI=1S/C14H19NO2/c1-2-17-14(16)9-11-8-12(15)7-10-5-3-4-6-13(10)11/h3-6,11-12H,2,7-9,15H2,1H3/t11-,12+/m0/s1. The Morgan fingerprint density at radius 2 is 2.24 bits per heavy atom. The van der Waals surface area contributed by atoms with Crippen LogP contribution in [-0.4, -0.2) is 18.6 Å². The van der Waals surface area contributed by atoms with Crippen LogP contribution in [0.25, 0.3) is 0 Å². The van der Waals surface area contributed by atoms with Crippen molar-refractivity contribution in [2.45, 2.75) is 38.1 Å². The first-order chi connectivity index (χ1) is 8.20. The van der Waals surface area contributed by atoms with Gasteiger partial charge in [-0.15, -0.1) is 0 Å². The minimum atomic E-state index is -0.124. The van der Waals surface area contributed by atoms with Crippen molar-refractivity contribution in [3.05, 3.63) is 35.4 Å². The van der Waals surface area contributed by atoms with Gasteiger partial charge >= 0.3 is 5.97 Å². The summed E-state index contributed by atoms with van der Waals surface area (Å²) in [5.74, 6) is 0.0930. The van der Waals surface area contributed by atoms with Crippen LogP contribution in [0.4, 0.5) is 0 Å². The van der Waals surface area contributed by atoms with Crippen LogP contribution in [0, 0.1) is 0 Å². The summed E-state index contributed by atoms with van der Waals surface area (Å²) in [5, 5.41) is 0. The van der Waals surface area contributed by atoms with Gasteiger partial charge in [-0.2, -0.15) is 0 Å². The lowest BCUT2D eigenvalue weighted by molar-refractivity contribution is -0.143. The maximum absolute atomic E-state index is 11.6. The Kier molecular flexibility index (Phi) is 3.79. The SMILES string of the molecule is CCOC(=O)C[C@@H]1C[C@H](N)Cc2ccccc21. The second-order valence-corrected chi connectivity index (χ2v) is 4.60. The van der Waals surface area contributed by atoms with Crippen LogP contribution in [0.2, 0.25) is 0 Å². The molecule has 0 saturated heterocycles. The van der Waals surface area contributed by atoms with Crippen LogP contribution in [0.1, 0.15) is 36.8 Å². The smallest absolute Gasteiger partial charge is 0.306 e. The minimum absolute atomic E-state index is 0.124. The van der Waals surface area contributed by atoms with Gasteiger partial charge in [0.2, 0.25) is 0 Å². The van der Waals surface area contributed by atoms with Gasteiger partial charge in [-0.1, -0.05) is 24.3 Å². The lowest BCUT2D eigenvalue weighted by Gasteiger charge is -2.29. The molecule has 0 aliphatic heterocycles. The fraction of sp³-hybridized carbons (Fsp3) is 0.500. The average Bonchev–Trinajstić information content (AvgIpc) is 2.29. The van der Waals surface area contributed by atoms with Crippen molar-refractivity contribution < 1.29 is 9.53 Å². The predicted molar refractivity (Wildman–Crippen MR) is 66.7 cm³/mol. The maximum atomic E-state index is 11.6. The van der Waals surface area contributed by atoms with Gasteiger partial charge in [-0.3, -0.25) is 4.79 Å². The Hall–Kier alpha value is -1.35. The Morgan fingerprint density at radius 3 is 3.00 bits per heavy atom. The van der Waals surface area contributed by atoms with Crippen molar-refractivity contribution in [2.24, 2.45) is 5.73 Å². The molecule has 92 valence electrons. The summed E-state index contributed by atoms with van der Waals surface area (Å²) < 4.78 is 5.02. The molecular formula is C14H19NO2. The van der Waals surface area contributed by atoms with E-state index < -0.39 is 0 Å². The third-order valence-corrected chi connectivity index (χ3v) is 3.28. The van der Waals surface area contributed by atoms with Crippen molar-refractivity contribution in [3.63, 3.8) is 0 Å². The van der Waals surface area contributed by atoms with Crippen molar-refractivity contribution in [3.8, 4) is 0 Å². The summed E-state index contributed by atoms with van der Waals surface area (Å²) in [6, 6.07) is 8.41. The van der Waals surface area contributed by atoms with E-state index in [9.17, 15) is 4.79 Å². The van der Waals surface area contributed by atoms with Crippen molar-refractivity contribution in [1.82, 2.24) is 0 Å². The molecule has 0 unspecified atom stereocenters. The van der Waals surface area contributed by atoms with Crippen molar-refractivity contribution >= 4 is 5.97 Å². The molecule has 0 spiro atoms. The van der Waals surface area contributed by atoms with Crippen molar-refractivity contribution in [1.29, 1.82) is 0 Å². The zero-order valence-corrected chi connectivity index (χ0v) is 10.2. The molecule has 2 N–H and O–H groups in total. The fourth-order valence-electron chi connectivity index (χ4n) is 2.59. The summed E-state index contributed by atoms with van der Waals surface area (Å²) in [6.07, 6.45) is 2.23. The van der Waals surface area contributed by atoms with Crippen molar-refractivity contribution in [2.75, 3.05) is 6.61 Å². The highest BCUT2D eigenvalue weighted by atomic mass is 16.5. The molecule has 0 amide bonds. The van der Waals surface area contributed by atoms with Crippen LogP contribution >= 0.6 is 0 Å². The zero-order valence-electron chi connectivity index (χ0n) is 10.2. The summed E-state index contributed by atoms with van der Waals surface area (Å²) >= 11 is 0. The number of ether oxygens (including phenoxy) is 1. The minimum Gasteiger partial charge on any atom is -0.466 e. The third kappa shape index (κ3) is 2.86. The van der Waals surface area contributed by atoms with E-state index in [1.165, 1.54) is 11.1 Å². The second-order valence-electron chi connectivity index (χ2n) is 4.60. The van der Waals surface area contributed by atoms with E-state index >= 15 is 0 Å². The van der Waals surface area contributed by atoms with Gasteiger partial charge in [0, 0.05) is 6.04 Å². The largest absolute Gasteiger partial charge is 0.466 e. The Balaban J connectivity index is 2.15. The number of nitrogens with two attached hydrogens (primary N) is 1. The first-order valence-electron chi connectivity index (χ1n) is 6.19. The number of esters is 1. The highest BCUT2D eigenvalue weighted by Crippen LogP contribution is 2.33. The number of fused-ring (bicyclic) bond motifs is 1. The summed E-state index contributed by atoms with van der Waals surface area (Å²) in [4.78, 5) is 11.6. The molecule has 2 rings (SSSR count). The molecule has 0 saturated carbocycles. The molecule has 17 heavy (non-hydrogen) atoms. The highest BCUT2D eigenvalue weighted by molar-refractivity contribution is 5.70.